The molecule has 1 saturated heterocycles. The fraction of sp³-hybridized carbons (Fsp3) is 0.350. The molecule has 3 nitrogen and oxygen atoms in total. The summed E-state index contributed by atoms with van der Waals surface area (Å²) in [4.78, 5) is 14.7. The van der Waals surface area contributed by atoms with Gasteiger partial charge in [-0.25, -0.2) is 0 Å². The quantitative estimate of drug-likeness (QED) is 0.940. The number of likely N-dealkylation sites (N-methyl/N-ethyl adjacent to an activating group) is 1. The molecule has 3 heteroatoms. The second kappa shape index (κ2) is 6.97. The molecule has 0 radical (unpaired) electrons. The van der Waals surface area contributed by atoms with E-state index in [-0.39, 0.29) is 11.8 Å². The summed E-state index contributed by atoms with van der Waals surface area (Å²) in [5.74, 6) is 0.00323. The van der Waals surface area contributed by atoms with Gasteiger partial charge in [0, 0.05) is 12.6 Å². The zero-order valence-corrected chi connectivity index (χ0v) is 13.8. The number of likely N-dealkylation sites (tertiary alicyclic amines) is 1. The Hall–Kier alpha value is -2.13. The number of nitrogens with one attached hydrogen (secondary N) is 1. The van der Waals surface area contributed by atoms with Crippen LogP contribution >= 0.6 is 0 Å². The number of hydrogen-bond acceptors (Lipinski definition) is 2. The number of benzene rings is 2. The molecular weight excluding hydrogens is 284 g/mol. The highest BCUT2D eigenvalue weighted by Gasteiger charge is 2.23. The van der Waals surface area contributed by atoms with Crippen molar-refractivity contribution in [1.82, 2.24) is 10.2 Å². The summed E-state index contributed by atoms with van der Waals surface area (Å²) < 4.78 is 0. The first-order valence-electron chi connectivity index (χ1n) is 8.28. The molecule has 1 aliphatic rings. The summed E-state index contributed by atoms with van der Waals surface area (Å²) in [5.41, 5.74) is 3.44. The topological polar surface area (TPSA) is 32.3 Å². The van der Waals surface area contributed by atoms with E-state index in [1.807, 2.05) is 25.1 Å². The van der Waals surface area contributed by atoms with Crippen LogP contribution in [-0.2, 0) is 4.79 Å². The molecule has 1 heterocycles. The van der Waals surface area contributed by atoms with Crippen molar-refractivity contribution in [3.8, 4) is 11.1 Å². The van der Waals surface area contributed by atoms with Gasteiger partial charge in [-0.15, -0.1) is 0 Å². The van der Waals surface area contributed by atoms with Gasteiger partial charge in [-0.1, -0.05) is 54.6 Å². The Morgan fingerprint density at radius 1 is 1.09 bits per heavy atom. The predicted octanol–water partition coefficient (Wildman–Crippen LogP) is 3.28. The summed E-state index contributed by atoms with van der Waals surface area (Å²) in [6.45, 7) is 3.99. The highest BCUT2D eigenvalue weighted by atomic mass is 16.1. The van der Waals surface area contributed by atoms with Crippen LogP contribution in [0.1, 0.15) is 24.8 Å². The Kier molecular flexibility index (Phi) is 4.77. The van der Waals surface area contributed by atoms with Crippen molar-refractivity contribution in [2.24, 2.45) is 0 Å². The maximum atomic E-state index is 12.4. The van der Waals surface area contributed by atoms with Gasteiger partial charge in [-0.3, -0.25) is 4.79 Å². The normalized spacial score (nSPS) is 19.5. The van der Waals surface area contributed by atoms with Crippen LogP contribution in [0, 0.1) is 0 Å². The van der Waals surface area contributed by atoms with Gasteiger partial charge in [-0.2, -0.15) is 0 Å². The fourth-order valence-corrected chi connectivity index (χ4v) is 3.13. The molecule has 0 aromatic heterocycles. The lowest BCUT2D eigenvalue weighted by molar-refractivity contribution is -0.122. The molecule has 1 fully saturated rings. The molecule has 0 aliphatic carbocycles. The Morgan fingerprint density at radius 3 is 2.35 bits per heavy atom. The molecule has 2 aromatic carbocycles. The largest absolute Gasteiger partial charge is 0.352 e. The monoisotopic (exact) mass is 308 g/mol. The number of rotatable bonds is 4. The number of carbonyl (C=O) groups is 1. The smallest absolute Gasteiger partial charge is 0.227 e. The summed E-state index contributed by atoms with van der Waals surface area (Å²) >= 11 is 0. The molecule has 0 spiro atoms. The second-order valence-corrected chi connectivity index (χ2v) is 6.47. The first kappa shape index (κ1) is 15.8. The van der Waals surface area contributed by atoms with Crippen LogP contribution < -0.4 is 5.32 Å². The first-order valence-corrected chi connectivity index (χ1v) is 8.28. The average molecular weight is 308 g/mol. The van der Waals surface area contributed by atoms with Gasteiger partial charge < -0.3 is 10.2 Å². The van der Waals surface area contributed by atoms with Crippen molar-refractivity contribution in [2.75, 3.05) is 20.1 Å². The highest BCUT2D eigenvalue weighted by molar-refractivity contribution is 5.83. The van der Waals surface area contributed by atoms with Gasteiger partial charge >= 0.3 is 0 Å². The van der Waals surface area contributed by atoms with Crippen molar-refractivity contribution < 1.29 is 4.79 Å². The lowest BCUT2D eigenvalue weighted by Crippen LogP contribution is -2.38. The number of carbonyl (C=O) groups excluding carboxylic acids is 1. The van der Waals surface area contributed by atoms with Crippen molar-refractivity contribution >= 4 is 5.91 Å². The van der Waals surface area contributed by atoms with Crippen LogP contribution in [0.5, 0.6) is 0 Å². The van der Waals surface area contributed by atoms with Crippen LogP contribution in [0.25, 0.3) is 11.1 Å². The lowest BCUT2D eigenvalue weighted by atomic mass is 9.96. The third-order valence-electron chi connectivity index (χ3n) is 4.65. The molecule has 120 valence electrons. The van der Waals surface area contributed by atoms with Crippen molar-refractivity contribution in [1.29, 1.82) is 0 Å². The van der Waals surface area contributed by atoms with Gasteiger partial charge in [0.1, 0.15) is 0 Å². The minimum absolute atomic E-state index is 0.120. The summed E-state index contributed by atoms with van der Waals surface area (Å²) in [6, 6.07) is 18.9. The third-order valence-corrected chi connectivity index (χ3v) is 4.65. The Bertz CT molecular complexity index is 651. The Balaban J connectivity index is 1.65. The van der Waals surface area contributed by atoms with Crippen LogP contribution in [0.3, 0.4) is 0 Å². The molecule has 2 aromatic rings. The maximum Gasteiger partial charge on any atom is 0.227 e. The highest BCUT2D eigenvalue weighted by Crippen LogP contribution is 2.23. The Morgan fingerprint density at radius 2 is 1.74 bits per heavy atom. The number of amides is 1. The zero-order chi connectivity index (χ0) is 16.2. The SMILES string of the molecule is CC(C(=O)NC1CCN(C)C1)c1ccc(-c2ccccc2)cc1. The lowest BCUT2D eigenvalue weighted by Gasteiger charge is -2.17. The fourth-order valence-electron chi connectivity index (χ4n) is 3.13. The van der Waals surface area contributed by atoms with Gasteiger partial charge in [0.2, 0.25) is 5.91 Å². The van der Waals surface area contributed by atoms with Crippen LogP contribution in [0.15, 0.2) is 54.6 Å². The van der Waals surface area contributed by atoms with Gasteiger partial charge in [0.05, 0.1) is 5.92 Å². The van der Waals surface area contributed by atoms with E-state index in [1.165, 1.54) is 11.1 Å². The first-order chi connectivity index (χ1) is 11.1. The number of nitrogens with zero attached hydrogens (tertiary/aromatic N) is 1. The van der Waals surface area contributed by atoms with E-state index in [2.05, 4.69) is 53.7 Å². The van der Waals surface area contributed by atoms with E-state index in [1.54, 1.807) is 0 Å². The summed E-state index contributed by atoms with van der Waals surface area (Å²) in [5, 5.41) is 3.17. The Labute approximate surface area is 138 Å². The van der Waals surface area contributed by atoms with Crippen LogP contribution in [-0.4, -0.2) is 37.0 Å². The molecule has 2 unspecified atom stereocenters. The third kappa shape index (κ3) is 3.80. The molecule has 1 aliphatic heterocycles. The maximum absolute atomic E-state index is 12.4. The van der Waals surface area contributed by atoms with E-state index < -0.39 is 0 Å². The van der Waals surface area contributed by atoms with E-state index in [4.69, 9.17) is 0 Å². The van der Waals surface area contributed by atoms with Crippen molar-refractivity contribution in [2.45, 2.75) is 25.3 Å². The van der Waals surface area contributed by atoms with Crippen molar-refractivity contribution in [3.05, 3.63) is 60.2 Å². The van der Waals surface area contributed by atoms with Gasteiger partial charge in [-0.05, 0) is 43.6 Å². The average Bonchev–Trinajstić information content (AvgIpc) is 3.00. The molecule has 0 saturated carbocycles. The van der Waals surface area contributed by atoms with E-state index >= 15 is 0 Å². The van der Waals surface area contributed by atoms with Crippen LogP contribution in [0.2, 0.25) is 0 Å². The number of hydrogen-bond donors (Lipinski definition) is 1. The van der Waals surface area contributed by atoms with Gasteiger partial charge in [0.15, 0.2) is 0 Å². The molecular formula is C20H24N2O. The van der Waals surface area contributed by atoms with Crippen LogP contribution in [0.4, 0.5) is 0 Å². The second-order valence-electron chi connectivity index (χ2n) is 6.47. The van der Waals surface area contributed by atoms with Crippen molar-refractivity contribution in [3.63, 3.8) is 0 Å². The molecule has 1 N–H and O–H groups in total. The van der Waals surface area contributed by atoms with E-state index in [0.717, 1.165) is 25.1 Å². The van der Waals surface area contributed by atoms with E-state index in [9.17, 15) is 4.79 Å². The standard InChI is InChI=1S/C20H24N2O/c1-15(20(23)21-19-12-13-22(2)14-19)16-8-10-18(11-9-16)17-6-4-3-5-7-17/h3-11,15,19H,12-14H2,1-2H3,(H,21,23). The molecule has 1 amide bonds. The molecule has 3 rings (SSSR count). The molecule has 2 atom stereocenters. The van der Waals surface area contributed by atoms with E-state index in [0.29, 0.717) is 6.04 Å². The minimum atomic E-state index is -0.120. The molecule has 23 heavy (non-hydrogen) atoms. The van der Waals surface area contributed by atoms with Gasteiger partial charge in [0.25, 0.3) is 0 Å². The minimum Gasteiger partial charge on any atom is -0.352 e. The molecule has 0 bridgehead atoms. The zero-order valence-electron chi connectivity index (χ0n) is 13.8. The predicted molar refractivity (Wildman–Crippen MR) is 94.3 cm³/mol. The summed E-state index contributed by atoms with van der Waals surface area (Å²) in [7, 11) is 2.10. The summed E-state index contributed by atoms with van der Waals surface area (Å²) in [6.07, 6.45) is 1.04.